The van der Waals surface area contributed by atoms with E-state index >= 15 is 0 Å². The number of amides is 1. The molecule has 0 aliphatic rings. The topological polar surface area (TPSA) is 52.9 Å². The molecule has 0 aliphatic carbocycles. The van der Waals surface area contributed by atoms with Gasteiger partial charge in [0.15, 0.2) is 0 Å². The molecule has 1 aromatic carbocycles. The second-order valence-electron chi connectivity index (χ2n) is 5.17. The standard InChI is InChI=1S/C15H20N2O/c1-4-9-15(2,3)17-14(18)10-12-5-7-13(11-16)8-6-12/h5-8H,4,9-10H2,1-3H3,(H,17,18). The van der Waals surface area contributed by atoms with Crippen LogP contribution in [0.25, 0.3) is 0 Å². The summed E-state index contributed by atoms with van der Waals surface area (Å²) in [5.74, 6) is 0.0261. The van der Waals surface area contributed by atoms with Gasteiger partial charge in [-0.2, -0.15) is 5.26 Å². The predicted octanol–water partition coefficient (Wildman–Crippen LogP) is 2.80. The first-order valence-electron chi connectivity index (χ1n) is 6.27. The summed E-state index contributed by atoms with van der Waals surface area (Å²) in [5, 5.41) is 11.7. The van der Waals surface area contributed by atoms with Crippen molar-refractivity contribution in [3.63, 3.8) is 0 Å². The maximum atomic E-state index is 11.9. The van der Waals surface area contributed by atoms with E-state index in [-0.39, 0.29) is 11.4 Å². The Labute approximate surface area is 109 Å². The van der Waals surface area contributed by atoms with Gasteiger partial charge in [0.1, 0.15) is 0 Å². The van der Waals surface area contributed by atoms with Crippen LogP contribution < -0.4 is 5.32 Å². The Morgan fingerprint density at radius 1 is 1.33 bits per heavy atom. The van der Waals surface area contributed by atoms with Crippen molar-refractivity contribution in [2.75, 3.05) is 0 Å². The van der Waals surface area contributed by atoms with E-state index in [0.717, 1.165) is 18.4 Å². The van der Waals surface area contributed by atoms with Crippen LogP contribution in [0.3, 0.4) is 0 Å². The number of nitrogens with zero attached hydrogens (tertiary/aromatic N) is 1. The highest BCUT2D eigenvalue weighted by Crippen LogP contribution is 2.11. The van der Waals surface area contributed by atoms with Crippen molar-refractivity contribution in [3.8, 4) is 6.07 Å². The Morgan fingerprint density at radius 2 is 1.94 bits per heavy atom. The smallest absolute Gasteiger partial charge is 0.224 e. The lowest BCUT2D eigenvalue weighted by molar-refractivity contribution is -0.122. The normalized spacial score (nSPS) is 10.8. The third-order valence-electron chi connectivity index (χ3n) is 2.80. The van der Waals surface area contributed by atoms with Gasteiger partial charge in [0, 0.05) is 5.54 Å². The zero-order valence-electron chi connectivity index (χ0n) is 11.3. The van der Waals surface area contributed by atoms with Crippen molar-refractivity contribution in [1.29, 1.82) is 5.26 Å². The monoisotopic (exact) mass is 244 g/mol. The van der Waals surface area contributed by atoms with E-state index in [0.29, 0.717) is 12.0 Å². The maximum Gasteiger partial charge on any atom is 0.224 e. The summed E-state index contributed by atoms with van der Waals surface area (Å²) in [6.45, 7) is 6.18. The van der Waals surface area contributed by atoms with E-state index in [4.69, 9.17) is 5.26 Å². The molecule has 0 saturated carbocycles. The van der Waals surface area contributed by atoms with E-state index in [1.165, 1.54) is 0 Å². The highest BCUT2D eigenvalue weighted by atomic mass is 16.1. The van der Waals surface area contributed by atoms with Crippen LogP contribution >= 0.6 is 0 Å². The van der Waals surface area contributed by atoms with Gasteiger partial charge in [0.2, 0.25) is 5.91 Å². The molecule has 0 spiro atoms. The summed E-state index contributed by atoms with van der Waals surface area (Å²) in [6.07, 6.45) is 2.37. The first-order valence-corrected chi connectivity index (χ1v) is 6.27. The van der Waals surface area contributed by atoms with Gasteiger partial charge in [0.05, 0.1) is 18.1 Å². The van der Waals surface area contributed by atoms with E-state index in [1.807, 2.05) is 26.0 Å². The molecule has 0 saturated heterocycles. The molecular formula is C15H20N2O. The fourth-order valence-electron chi connectivity index (χ4n) is 1.99. The Morgan fingerprint density at radius 3 is 2.44 bits per heavy atom. The van der Waals surface area contributed by atoms with Gasteiger partial charge in [-0.3, -0.25) is 4.79 Å². The molecule has 3 heteroatoms. The quantitative estimate of drug-likeness (QED) is 0.866. The molecule has 0 radical (unpaired) electrons. The number of carbonyl (C=O) groups excluding carboxylic acids is 1. The molecule has 1 aromatic rings. The van der Waals surface area contributed by atoms with Gasteiger partial charge in [-0.25, -0.2) is 0 Å². The van der Waals surface area contributed by atoms with Crippen molar-refractivity contribution in [2.45, 2.75) is 45.6 Å². The lowest BCUT2D eigenvalue weighted by Crippen LogP contribution is -2.43. The molecule has 0 aliphatic heterocycles. The van der Waals surface area contributed by atoms with Gasteiger partial charge in [-0.15, -0.1) is 0 Å². The average Bonchev–Trinajstić information content (AvgIpc) is 2.28. The van der Waals surface area contributed by atoms with Gasteiger partial charge < -0.3 is 5.32 Å². The van der Waals surface area contributed by atoms with Crippen LogP contribution in [0.4, 0.5) is 0 Å². The minimum atomic E-state index is -0.154. The Bertz CT molecular complexity index is 441. The number of carbonyl (C=O) groups is 1. The first kappa shape index (κ1) is 14.2. The highest BCUT2D eigenvalue weighted by Gasteiger charge is 2.18. The second-order valence-corrected chi connectivity index (χ2v) is 5.17. The Balaban J connectivity index is 2.57. The van der Waals surface area contributed by atoms with Crippen LogP contribution in [0.5, 0.6) is 0 Å². The van der Waals surface area contributed by atoms with Crippen LogP contribution in [-0.4, -0.2) is 11.4 Å². The lowest BCUT2D eigenvalue weighted by Gasteiger charge is -2.25. The number of hydrogen-bond acceptors (Lipinski definition) is 2. The fraction of sp³-hybridized carbons (Fsp3) is 0.467. The largest absolute Gasteiger partial charge is 0.351 e. The molecule has 96 valence electrons. The predicted molar refractivity (Wildman–Crippen MR) is 72.0 cm³/mol. The SMILES string of the molecule is CCCC(C)(C)NC(=O)Cc1ccc(C#N)cc1. The third kappa shape index (κ3) is 4.58. The van der Waals surface area contributed by atoms with Crippen molar-refractivity contribution < 1.29 is 4.79 Å². The van der Waals surface area contributed by atoms with Gasteiger partial charge in [-0.05, 0) is 38.0 Å². The zero-order valence-corrected chi connectivity index (χ0v) is 11.3. The molecule has 0 bridgehead atoms. The molecule has 1 amide bonds. The number of hydrogen-bond donors (Lipinski definition) is 1. The van der Waals surface area contributed by atoms with E-state index in [1.54, 1.807) is 12.1 Å². The number of nitriles is 1. The summed E-state index contributed by atoms with van der Waals surface area (Å²) < 4.78 is 0. The van der Waals surface area contributed by atoms with Crippen LogP contribution in [0.2, 0.25) is 0 Å². The summed E-state index contributed by atoms with van der Waals surface area (Å²) in [7, 11) is 0. The minimum Gasteiger partial charge on any atom is -0.351 e. The lowest BCUT2D eigenvalue weighted by atomic mass is 9.98. The van der Waals surface area contributed by atoms with E-state index in [9.17, 15) is 4.79 Å². The van der Waals surface area contributed by atoms with E-state index < -0.39 is 0 Å². The number of nitrogens with one attached hydrogen (secondary N) is 1. The van der Waals surface area contributed by atoms with Crippen molar-refractivity contribution in [1.82, 2.24) is 5.32 Å². The van der Waals surface area contributed by atoms with Crippen LogP contribution in [0, 0.1) is 11.3 Å². The molecule has 3 nitrogen and oxygen atoms in total. The Kier molecular flexibility index (Phi) is 4.91. The van der Waals surface area contributed by atoms with Crippen molar-refractivity contribution in [3.05, 3.63) is 35.4 Å². The molecule has 18 heavy (non-hydrogen) atoms. The molecule has 0 atom stereocenters. The first-order chi connectivity index (χ1) is 8.46. The molecule has 1 N–H and O–H groups in total. The maximum absolute atomic E-state index is 11.9. The van der Waals surface area contributed by atoms with Gasteiger partial charge in [0.25, 0.3) is 0 Å². The summed E-state index contributed by atoms with van der Waals surface area (Å²) >= 11 is 0. The minimum absolute atomic E-state index is 0.0261. The fourth-order valence-corrected chi connectivity index (χ4v) is 1.99. The van der Waals surface area contributed by atoms with E-state index in [2.05, 4.69) is 18.3 Å². The van der Waals surface area contributed by atoms with Crippen LogP contribution in [0.15, 0.2) is 24.3 Å². The molecule has 0 fully saturated rings. The molecule has 0 heterocycles. The van der Waals surface area contributed by atoms with Gasteiger partial charge in [-0.1, -0.05) is 25.5 Å². The third-order valence-corrected chi connectivity index (χ3v) is 2.80. The molecular weight excluding hydrogens is 224 g/mol. The van der Waals surface area contributed by atoms with Crippen molar-refractivity contribution in [2.24, 2.45) is 0 Å². The molecule has 0 unspecified atom stereocenters. The van der Waals surface area contributed by atoms with Crippen molar-refractivity contribution >= 4 is 5.91 Å². The number of rotatable bonds is 5. The van der Waals surface area contributed by atoms with Crippen LogP contribution in [0.1, 0.15) is 44.7 Å². The van der Waals surface area contributed by atoms with Gasteiger partial charge >= 0.3 is 0 Å². The molecule has 0 aromatic heterocycles. The molecule has 1 rings (SSSR count). The average molecular weight is 244 g/mol. The Hall–Kier alpha value is -1.82. The van der Waals surface area contributed by atoms with Crippen LogP contribution in [-0.2, 0) is 11.2 Å². The summed E-state index contributed by atoms with van der Waals surface area (Å²) in [6, 6.07) is 9.18. The summed E-state index contributed by atoms with van der Waals surface area (Å²) in [4.78, 5) is 11.9. The number of benzene rings is 1. The second kappa shape index (κ2) is 6.20. The highest BCUT2D eigenvalue weighted by molar-refractivity contribution is 5.79. The summed E-state index contributed by atoms with van der Waals surface area (Å²) in [5.41, 5.74) is 1.39. The zero-order chi connectivity index (χ0) is 13.6.